The zero-order valence-corrected chi connectivity index (χ0v) is 14.2. The number of rotatable bonds is 6. The molecule has 0 aliphatic carbocycles. The number of carbonyl (C=O) groups excluding carboxylic acids is 1. The van der Waals surface area contributed by atoms with Crippen LogP contribution in [0.2, 0.25) is 0 Å². The molecule has 1 unspecified atom stereocenters. The first-order chi connectivity index (χ1) is 11.0. The van der Waals surface area contributed by atoms with E-state index in [1.807, 2.05) is 6.92 Å². The molecule has 0 spiro atoms. The van der Waals surface area contributed by atoms with Gasteiger partial charge in [0.1, 0.15) is 11.6 Å². The molecule has 2 rings (SSSR count). The number of carbonyl (C=O) groups is 1. The highest BCUT2D eigenvalue weighted by Gasteiger charge is 2.25. The van der Waals surface area contributed by atoms with Crippen LogP contribution >= 0.6 is 0 Å². The minimum absolute atomic E-state index is 0.0835. The Morgan fingerprint density at radius 1 is 1.30 bits per heavy atom. The summed E-state index contributed by atoms with van der Waals surface area (Å²) in [7, 11) is 0. The molecule has 1 N–H and O–H groups in total. The lowest BCUT2D eigenvalue weighted by Gasteiger charge is -2.35. The van der Waals surface area contributed by atoms with E-state index in [2.05, 4.69) is 24.1 Å². The predicted octanol–water partition coefficient (Wildman–Crippen LogP) is 2.97. The Balaban J connectivity index is 1.84. The molecule has 128 valence electrons. The molecule has 1 aromatic rings. The summed E-state index contributed by atoms with van der Waals surface area (Å²) in [6.45, 7) is 8.33. The average molecular weight is 322 g/mol. The third-order valence-corrected chi connectivity index (χ3v) is 4.36. The van der Waals surface area contributed by atoms with Crippen molar-refractivity contribution in [2.75, 3.05) is 13.1 Å². The normalized spacial score (nSPS) is 18.0. The van der Waals surface area contributed by atoms with E-state index in [-0.39, 0.29) is 17.8 Å². The van der Waals surface area contributed by atoms with Crippen LogP contribution in [0.4, 0.5) is 4.39 Å². The van der Waals surface area contributed by atoms with Crippen LogP contribution in [0.15, 0.2) is 24.3 Å². The van der Waals surface area contributed by atoms with Gasteiger partial charge in [0.15, 0.2) is 6.10 Å². The van der Waals surface area contributed by atoms with Crippen LogP contribution in [0.25, 0.3) is 0 Å². The van der Waals surface area contributed by atoms with Crippen LogP contribution in [0.5, 0.6) is 5.75 Å². The van der Waals surface area contributed by atoms with E-state index >= 15 is 0 Å². The fraction of sp³-hybridized carbons (Fsp3) is 0.611. The maximum Gasteiger partial charge on any atom is 0.261 e. The van der Waals surface area contributed by atoms with Crippen LogP contribution in [0, 0.1) is 5.82 Å². The Morgan fingerprint density at radius 3 is 2.43 bits per heavy atom. The Labute approximate surface area is 138 Å². The van der Waals surface area contributed by atoms with Gasteiger partial charge in [0.2, 0.25) is 0 Å². The number of nitrogens with one attached hydrogen (secondary N) is 1. The van der Waals surface area contributed by atoms with E-state index in [0.29, 0.717) is 18.2 Å². The summed E-state index contributed by atoms with van der Waals surface area (Å²) in [5, 5.41) is 3.10. The van der Waals surface area contributed by atoms with Crippen molar-refractivity contribution < 1.29 is 13.9 Å². The van der Waals surface area contributed by atoms with Gasteiger partial charge in [-0.3, -0.25) is 4.79 Å². The highest BCUT2D eigenvalue weighted by Crippen LogP contribution is 2.16. The quantitative estimate of drug-likeness (QED) is 0.875. The van der Waals surface area contributed by atoms with Crippen LogP contribution in [-0.2, 0) is 4.79 Å². The van der Waals surface area contributed by atoms with Gasteiger partial charge >= 0.3 is 0 Å². The first-order valence-corrected chi connectivity index (χ1v) is 8.46. The molecule has 1 amide bonds. The molecule has 1 fully saturated rings. The van der Waals surface area contributed by atoms with Crippen molar-refractivity contribution in [2.24, 2.45) is 0 Å². The fourth-order valence-corrected chi connectivity index (χ4v) is 2.85. The lowest BCUT2D eigenvalue weighted by atomic mass is 10.0. The zero-order valence-electron chi connectivity index (χ0n) is 14.2. The fourth-order valence-electron chi connectivity index (χ4n) is 2.85. The van der Waals surface area contributed by atoms with Gasteiger partial charge in [-0.2, -0.15) is 0 Å². The highest BCUT2D eigenvalue weighted by molar-refractivity contribution is 5.81. The van der Waals surface area contributed by atoms with Crippen LogP contribution in [0.1, 0.15) is 40.0 Å². The van der Waals surface area contributed by atoms with Crippen molar-refractivity contribution in [3.05, 3.63) is 30.1 Å². The van der Waals surface area contributed by atoms with Gasteiger partial charge in [-0.05, 0) is 57.4 Å². The summed E-state index contributed by atoms with van der Waals surface area (Å²) in [5.41, 5.74) is 0. The van der Waals surface area contributed by atoms with Gasteiger partial charge in [-0.25, -0.2) is 4.39 Å². The molecule has 4 nitrogen and oxygen atoms in total. The van der Waals surface area contributed by atoms with Gasteiger partial charge in [-0.1, -0.05) is 6.92 Å². The number of benzene rings is 1. The van der Waals surface area contributed by atoms with E-state index < -0.39 is 6.10 Å². The highest BCUT2D eigenvalue weighted by atomic mass is 19.1. The minimum Gasteiger partial charge on any atom is -0.481 e. The van der Waals surface area contributed by atoms with Crippen molar-refractivity contribution in [1.82, 2.24) is 10.2 Å². The smallest absolute Gasteiger partial charge is 0.261 e. The number of ether oxygens (including phenoxy) is 1. The Morgan fingerprint density at radius 2 is 1.91 bits per heavy atom. The lowest BCUT2D eigenvalue weighted by molar-refractivity contribution is -0.129. The molecule has 1 aliphatic heterocycles. The summed E-state index contributed by atoms with van der Waals surface area (Å²) < 4.78 is 18.6. The topological polar surface area (TPSA) is 41.6 Å². The second-order valence-corrected chi connectivity index (χ2v) is 6.38. The first kappa shape index (κ1) is 17.7. The monoisotopic (exact) mass is 322 g/mol. The third kappa shape index (κ3) is 5.20. The van der Waals surface area contributed by atoms with Gasteiger partial charge in [0.25, 0.3) is 5.91 Å². The van der Waals surface area contributed by atoms with Gasteiger partial charge < -0.3 is 15.0 Å². The maximum absolute atomic E-state index is 12.9. The summed E-state index contributed by atoms with van der Waals surface area (Å²) in [5.74, 6) is 0.120. The van der Waals surface area contributed by atoms with Crippen molar-refractivity contribution in [1.29, 1.82) is 0 Å². The molecule has 0 radical (unpaired) electrons. The van der Waals surface area contributed by atoms with Crippen LogP contribution in [0.3, 0.4) is 0 Å². The molecule has 1 atom stereocenters. The Hall–Kier alpha value is -1.62. The van der Waals surface area contributed by atoms with Crippen molar-refractivity contribution in [2.45, 2.75) is 58.2 Å². The molecular weight excluding hydrogens is 295 g/mol. The molecule has 5 heteroatoms. The summed E-state index contributed by atoms with van der Waals surface area (Å²) in [6, 6.07) is 6.53. The third-order valence-electron chi connectivity index (χ3n) is 4.36. The number of piperidine rings is 1. The number of halogens is 1. The molecule has 0 aromatic heterocycles. The van der Waals surface area contributed by atoms with E-state index in [0.717, 1.165) is 25.9 Å². The number of nitrogens with zero attached hydrogens (tertiary/aromatic N) is 1. The number of hydrogen-bond acceptors (Lipinski definition) is 3. The zero-order chi connectivity index (χ0) is 16.8. The predicted molar refractivity (Wildman–Crippen MR) is 89.0 cm³/mol. The minimum atomic E-state index is -0.538. The van der Waals surface area contributed by atoms with Gasteiger partial charge in [0, 0.05) is 25.2 Å². The summed E-state index contributed by atoms with van der Waals surface area (Å²) >= 11 is 0. The molecule has 1 heterocycles. The second kappa shape index (κ2) is 8.29. The van der Waals surface area contributed by atoms with E-state index in [4.69, 9.17) is 4.74 Å². The molecule has 1 saturated heterocycles. The molecular formula is C18H27FN2O2. The average Bonchev–Trinajstić information content (AvgIpc) is 2.54. The lowest BCUT2D eigenvalue weighted by Crippen LogP contribution is -2.49. The van der Waals surface area contributed by atoms with E-state index in [1.165, 1.54) is 12.1 Å². The van der Waals surface area contributed by atoms with Crippen molar-refractivity contribution in [3.63, 3.8) is 0 Å². The van der Waals surface area contributed by atoms with Crippen molar-refractivity contribution >= 4 is 5.91 Å². The number of amides is 1. The Bertz CT molecular complexity index is 496. The maximum atomic E-state index is 12.9. The summed E-state index contributed by atoms with van der Waals surface area (Å²) in [4.78, 5) is 14.8. The molecule has 23 heavy (non-hydrogen) atoms. The number of likely N-dealkylation sites (tertiary alicyclic amines) is 1. The largest absolute Gasteiger partial charge is 0.481 e. The molecule has 0 saturated carbocycles. The van der Waals surface area contributed by atoms with Crippen molar-refractivity contribution in [3.8, 4) is 5.75 Å². The summed E-state index contributed by atoms with van der Waals surface area (Å²) in [6.07, 6.45) is 1.98. The van der Waals surface area contributed by atoms with Gasteiger partial charge in [0.05, 0.1) is 0 Å². The first-order valence-electron chi connectivity index (χ1n) is 8.46. The standard InChI is InChI=1S/C18H27FN2O2/c1-4-17(23-16-7-5-14(19)6-8-16)18(22)20-15-9-11-21(12-10-15)13(2)3/h5-8,13,15,17H,4,9-12H2,1-3H3,(H,20,22). The Kier molecular flexibility index (Phi) is 6.39. The molecule has 1 aromatic carbocycles. The molecule has 0 bridgehead atoms. The van der Waals surface area contributed by atoms with E-state index in [9.17, 15) is 9.18 Å². The van der Waals surface area contributed by atoms with Crippen LogP contribution < -0.4 is 10.1 Å². The number of hydrogen-bond donors (Lipinski definition) is 1. The molecule has 1 aliphatic rings. The SMILES string of the molecule is CCC(Oc1ccc(F)cc1)C(=O)NC1CCN(C(C)C)CC1. The second-order valence-electron chi connectivity index (χ2n) is 6.38. The van der Waals surface area contributed by atoms with E-state index in [1.54, 1.807) is 12.1 Å². The van der Waals surface area contributed by atoms with Gasteiger partial charge in [-0.15, -0.1) is 0 Å². The van der Waals surface area contributed by atoms with Crippen LogP contribution in [-0.4, -0.2) is 42.1 Å².